The van der Waals surface area contributed by atoms with Crippen molar-refractivity contribution in [3.8, 4) is 5.75 Å². The van der Waals surface area contributed by atoms with E-state index in [0.29, 0.717) is 0 Å². The molecule has 0 saturated carbocycles. The molecule has 0 N–H and O–H groups in total. The van der Waals surface area contributed by atoms with Gasteiger partial charge < -0.3 is 4.52 Å². The van der Waals surface area contributed by atoms with E-state index < -0.39 is 6.42 Å². The Bertz CT molecular complexity index is 863. The van der Waals surface area contributed by atoms with Crippen molar-refractivity contribution >= 4 is 23.9 Å². The number of unbranched alkanes of at least 4 members (excludes halogenated alkanes) is 3. The SMILES string of the molecule is CCCCCC(=NP(=S)(CC(C)(C)CCCC)Oc1ccc(C)nc1)c1ccccc1. The van der Waals surface area contributed by atoms with Crippen LogP contribution >= 0.6 is 6.42 Å². The largest absolute Gasteiger partial charge is 0.445 e. The lowest BCUT2D eigenvalue weighted by molar-refractivity contribution is 0.363. The molecule has 0 radical (unpaired) electrons. The highest BCUT2D eigenvalue weighted by atomic mass is 32.4. The van der Waals surface area contributed by atoms with Gasteiger partial charge >= 0.3 is 0 Å². The van der Waals surface area contributed by atoms with Gasteiger partial charge in [0.1, 0.15) is 5.75 Å². The molecule has 0 aliphatic rings. The second-order valence-corrected chi connectivity index (χ2v) is 12.8. The zero-order valence-corrected chi connectivity index (χ0v) is 21.6. The van der Waals surface area contributed by atoms with E-state index in [1.807, 2.05) is 25.1 Å². The Morgan fingerprint density at radius 2 is 1.74 bits per heavy atom. The van der Waals surface area contributed by atoms with Crippen LogP contribution in [0.1, 0.15) is 83.9 Å². The molecule has 31 heavy (non-hydrogen) atoms. The minimum atomic E-state index is -2.51. The highest BCUT2D eigenvalue weighted by Crippen LogP contribution is 2.54. The van der Waals surface area contributed by atoms with Crippen LogP contribution in [0.3, 0.4) is 0 Å². The van der Waals surface area contributed by atoms with Gasteiger partial charge in [-0.2, -0.15) is 0 Å². The fourth-order valence-electron chi connectivity index (χ4n) is 3.65. The van der Waals surface area contributed by atoms with Crippen molar-refractivity contribution in [2.75, 3.05) is 6.16 Å². The topological polar surface area (TPSA) is 34.5 Å². The van der Waals surface area contributed by atoms with Crippen LogP contribution in [0, 0.1) is 12.3 Å². The number of benzene rings is 1. The molecule has 3 nitrogen and oxygen atoms in total. The molecule has 1 aromatic heterocycles. The predicted octanol–water partition coefficient (Wildman–Crippen LogP) is 8.36. The van der Waals surface area contributed by atoms with Crippen LogP contribution in [0.2, 0.25) is 0 Å². The Kier molecular flexibility index (Phi) is 10.4. The van der Waals surface area contributed by atoms with Crippen LogP contribution in [0.4, 0.5) is 0 Å². The minimum absolute atomic E-state index is 0.0817. The van der Waals surface area contributed by atoms with Crippen molar-refractivity contribution in [3.05, 3.63) is 59.9 Å². The summed E-state index contributed by atoms with van der Waals surface area (Å²) in [6.07, 6.45) is 8.00. The minimum Gasteiger partial charge on any atom is -0.445 e. The van der Waals surface area contributed by atoms with Gasteiger partial charge in [0, 0.05) is 11.9 Å². The highest BCUT2D eigenvalue weighted by molar-refractivity contribution is 8.11. The van der Waals surface area contributed by atoms with Crippen LogP contribution in [-0.2, 0) is 11.8 Å². The summed E-state index contributed by atoms with van der Waals surface area (Å²) < 4.78 is 11.8. The number of aryl methyl sites for hydroxylation is 1. The smallest absolute Gasteiger partial charge is 0.223 e. The van der Waals surface area contributed by atoms with Crippen molar-refractivity contribution in [2.24, 2.45) is 10.2 Å². The van der Waals surface area contributed by atoms with Crippen molar-refractivity contribution in [2.45, 2.75) is 79.6 Å². The predicted molar refractivity (Wildman–Crippen MR) is 139 cm³/mol. The van der Waals surface area contributed by atoms with Crippen molar-refractivity contribution in [1.82, 2.24) is 4.98 Å². The average Bonchev–Trinajstić information content (AvgIpc) is 2.73. The van der Waals surface area contributed by atoms with Gasteiger partial charge in [0.05, 0.1) is 11.9 Å². The molecule has 0 amide bonds. The standard InChI is InChI=1S/C26H39N2OPS/c1-6-8-11-16-25(23-14-12-10-13-15-23)28-30(31,21-26(4,5)19-9-7-2)29-24-18-17-22(3)27-20-24/h10,12-15,17-18,20H,6-9,11,16,19,21H2,1-5H3. The molecular formula is C26H39N2OPS. The summed E-state index contributed by atoms with van der Waals surface area (Å²) in [6.45, 7) is 11.0. The summed E-state index contributed by atoms with van der Waals surface area (Å²) in [5, 5.41) is 0. The van der Waals surface area contributed by atoms with Gasteiger partial charge in [-0.15, -0.1) is 0 Å². The molecule has 0 bridgehead atoms. The van der Waals surface area contributed by atoms with Gasteiger partial charge in [-0.3, -0.25) is 4.98 Å². The van der Waals surface area contributed by atoms with Crippen LogP contribution in [-0.4, -0.2) is 16.9 Å². The summed E-state index contributed by atoms with van der Waals surface area (Å²) in [5.74, 6) is 0.727. The Morgan fingerprint density at radius 1 is 1.03 bits per heavy atom. The second-order valence-electron chi connectivity index (χ2n) is 9.16. The monoisotopic (exact) mass is 458 g/mol. The van der Waals surface area contributed by atoms with E-state index in [1.165, 1.54) is 25.7 Å². The van der Waals surface area contributed by atoms with Crippen LogP contribution in [0.5, 0.6) is 5.75 Å². The molecule has 0 aliphatic heterocycles. The zero-order valence-electron chi connectivity index (χ0n) is 19.9. The summed E-state index contributed by atoms with van der Waals surface area (Å²) in [7, 11) is 0. The Hall–Kier alpha value is -1.51. The summed E-state index contributed by atoms with van der Waals surface area (Å²) in [4.78, 5) is 4.41. The number of aromatic nitrogens is 1. The molecule has 1 aromatic carbocycles. The third-order valence-corrected chi connectivity index (χ3v) is 8.52. The quantitative estimate of drug-likeness (QED) is 0.172. The molecule has 2 rings (SSSR count). The third-order valence-electron chi connectivity index (χ3n) is 5.36. The molecule has 0 spiro atoms. The highest BCUT2D eigenvalue weighted by Gasteiger charge is 2.30. The maximum Gasteiger partial charge on any atom is 0.223 e. The number of hydrogen-bond donors (Lipinski definition) is 0. The van der Waals surface area contributed by atoms with E-state index >= 15 is 0 Å². The van der Waals surface area contributed by atoms with Crippen LogP contribution in [0.25, 0.3) is 0 Å². The normalized spacial score (nSPS) is 14.3. The first-order valence-corrected chi connectivity index (χ1v) is 14.5. The first kappa shape index (κ1) is 25.7. The first-order chi connectivity index (χ1) is 14.8. The van der Waals surface area contributed by atoms with E-state index in [2.05, 4.69) is 56.9 Å². The Morgan fingerprint density at radius 3 is 2.35 bits per heavy atom. The van der Waals surface area contributed by atoms with Gasteiger partial charge in [0.15, 0.2) is 0 Å². The third kappa shape index (κ3) is 9.25. The lowest BCUT2D eigenvalue weighted by atomic mass is 9.90. The lowest BCUT2D eigenvalue weighted by Crippen LogP contribution is -2.19. The van der Waals surface area contributed by atoms with E-state index in [1.54, 1.807) is 6.20 Å². The molecule has 5 heteroatoms. The Labute approximate surface area is 194 Å². The van der Waals surface area contributed by atoms with Crippen LogP contribution < -0.4 is 4.52 Å². The molecule has 2 aromatic rings. The number of pyridine rings is 1. The van der Waals surface area contributed by atoms with Crippen LogP contribution in [0.15, 0.2) is 53.4 Å². The maximum atomic E-state index is 6.51. The molecule has 0 aliphatic carbocycles. The van der Waals surface area contributed by atoms with Gasteiger partial charge in [-0.05, 0) is 61.1 Å². The summed E-state index contributed by atoms with van der Waals surface area (Å²) in [5.41, 5.74) is 3.30. The summed E-state index contributed by atoms with van der Waals surface area (Å²) >= 11 is 6.24. The molecule has 0 fully saturated rings. The van der Waals surface area contributed by atoms with Crippen molar-refractivity contribution in [3.63, 3.8) is 0 Å². The fourth-order valence-corrected chi connectivity index (χ4v) is 7.68. The molecule has 1 atom stereocenters. The van der Waals surface area contributed by atoms with Gasteiger partial charge in [0.25, 0.3) is 0 Å². The fraction of sp³-hybridized carbons (Fsp3) is 0.538. The van der Waals surface area contributed by atoms with E-state index in [9.17, 15) is 0 Å². The van der Waals surface area contributed by atoms with Crippen molar-refractivity contribution < 1.29 is 4.52 Å². The number of nitrogens with zero attached hydrogens (tertiary/aromatic N) is 2. The molecule has 0 saturated heterocycles. The van der Waals surface area contributed by atoms with E-state index in [4.69, 9.17) is 21.1 Å². The van der Waals surface area contributed by atoms with Gasteiger partial charge in [0.2, 0.25) is 6.42 Å². The second kappa shape index (κ2) is 12.5. The van der Waals surface area contributed by atoms with Crippen molar-refractivity contribution in [1.29, 1.82) is 0 Å². The number of rotatable bonds is 13. The molecule has 1 heterocycles. The molecule has 1 unspecified atom stereocenters. The zero-order chi connectivity index (χ0) is 22.7. The van der Waals surface area contributed by atoms with Gasteiger partial charge in [-0.25, -0.2) is 4.76 Å². The average molecular weight is 459 g/mol. The van der Waals surface area contributed by atoms with Gasteiger partial charge in [-0.1, -0.05) is 83.7 Å². The van der Waals surface area contributed by atoms with E-state index in [0.717, 1.165) is 48.1 Å². The summed E-state index contributed by atoms with van der Waals surface area (Å²) in [6, 6.07) is 14.4. The lowest BCUT2D eigenvalue weighted by Gasteiger charge is -2.31. The first-order valence-electron chi connectivity index (χ1n) is 11.6. The maximum absolute atomic E-state index is 6.51. The number of hydrogen-bond acceptors (Lipinski definition) is 3. The Balaban J connectivity index is 2.43. The van der Waals surface area contributed by atoms with E-state index in [-0.39, 0.29) is 5.41 Å². The molecular weight excluding hydrogens is 419 g/mol. The molecule has 170 valence electrons.